The van der Waals surface area contributed by atoms with Gasteiger partial charge in [-0.05, 0) is 73.3 Å². The Bertz CT molecular complexity index is 4020. The Kier molecular flexibility index (Phi) is 10.6. The predicted octanol–water partition coefficient (Wildman–Crippen LogP) is 17.1. The van der Waals surface area contributed by atoms with Gasteiger partial charge in [0.15, 0.2) is 0 Å². The molecule has 0 radical (unpaired) electrons. The third kappa shape index (κ3) is 7.15. The molecule has 0 spiro atoms. The van der Waals surface area contributed by atoms with Crippen molar-refractivity contribution in [3.05, 3.63) is 237 Å². The van der Waals surface area contributed by atoms with Crippen LogP contribution in [-0.2, 0) is 26.5 Å². The van der Waals surface area contributed by atoms with Crippen LogP contribution in [0, 0.1) is 18.8 Å². The molecule has 4 heterocycles. The molecule has 0 N–H and O–H groups in total. The first kappa shape index (κ1) is 43.3. The number of fused-ring (bicyclic) bond motifs is 11. The summed E-state index contributed by atoms with van der Waals surface area (Å²) < 4.78 is 9.08. The molecule has 1 aliphatic rings. The smallest absolute Gasteiger partial charge is 0.143 e. The number of benzene rings is 9. The summed E-state index contributed by atoms with van der Waals surface area (Å²) in [6, 6.07) is 80.8. The normalized spacial score (nSPS) is 12.6. The zero-order valence-corrected chi connectivity index (χ0v) is 41.1. The first-order valence-electron chi connectivity index (χ1n) is 23.5. The van der Waals surface area contributed by atoms with Gasteiger partial charge < -0.3 is 18.9 Å². The molecule has 1 aliphatic heterocycles. The molecule has 340 valence electrons. The minimum Gasteiger partial charge on any atom is -0.509 e. The average molecular weight is 1080 g/mol. The third-order valence-corrected chi connectivity index (χ3v) is 13.7. The summed E-state index contributed by atoms with van der Waals surface area (Å²) in [6.07, 6.45) is 1.88. The maximum Gasteiger partial charge on any atom is 0.143 e. The molecule has 0 aliphatic carbocycles. The summed E-state index contributed by atoms with van der Waals surface area (Å²) in [5, 5.41) is 9.04. The first-order valence-corrected chi connectivity index (χ1v) is 23.5. The van der Waals surface area contributed by atoms with Crippen LogP contribution in [0.5, 0.6) is 11.5 Å². The van der Waals surface area contributed by atoms with E-state index in [4.69, 9.17) is 9.72 Å². The van der Waals surface area contributed by atoms with Crippen molar-refractivity contribution in [1.82, 2.24) is 9.38 Å². The molecule has 13 rings (SSSR count). The molecule has 70 heavy (non-hydrogen) atoms. The molecule has 6 heteroatoms. The Hall–Kier alpha value is -7.98. The van der Waals surface area contributed by atoms with Crippen molar-refractivity contribution in [2.75, 3.05) is 9.80 Å². The maximum absolute atomic E-state index is 6.80. The second kappa shape index (κ2) is 17.2. The van der Waals surface area contributed by atoms with E-state index in [1.807, 2.05) is 30.5 Å². The number of anilines is 4. The fraction of sp³-hybridized carbons (Fsp3) is 0.0625. The van der Waals surface area contributed by atoms with Crippen LogP contribution in [-0.4, -0.2) is 9.38 Å². The molecule has 0 fully saturated rings. The number of para-hydroxylation sites is 4. The zero-order valence-electron chi connectivity index (χ0n) is 38.8. The van der Waals surface area contributed by atoms with Gasteiger partial charge in [0.2, 0.25) is 0 Å². The SMILES string of the molecule is CC(C)(C)c1ccc(-c2cccc(-c3ccccc3)c2N2[CH-]N(c3[c-]c(Oc4[c-]c5c(cc4)c4cccc6c7ccccc7c7ccccc7c7cccnc7n5c64)ccc3)c3ccccc32)cc1.[Pt]. The van der Waals surface area contributed by atoms with E-state index in [-0.39, 0.29) is 26.5 Å². The number of hydrogen-bond acceptors (Lipinski definition) is 4. The van der Waals surface area contributed by atoms with E-state index in [0.29, 0.717) is 11.5 Å². The van der Waals surface area contributed by atoms with Crippen molar-refractivity contribution < 1.29 is 25.8 Å². The predicted molar refractivity (Wildman–Crippen MR) is 287 cm³/mol. The van der Waals surface area contributed by atoms with Gasteiger partial charge >= 0.3 is 0 Å². The Morgan fingerprint density at radius 3 is 1.70 bits per heavy atom. The minimum atomic E-state index is 0. The second-order valence-electron chi connectivity index (χ2n) is 18.8. The van der Waals surface area contributed by atoms with Gasteiger partial charge in [-0.2, -0.15) is 12.1 Å². The van der Waals surface area contributed by atoms with Crippen molar-refractivity contribution in [1.29, 1.82) is 0 Å². The van der Waals surface area contributed by atoms with Gasteiger partial charge in [-0.3, -0.25) is 0 Å². The van der Waals surface area contributed by atoms with Gasteiger partial charge in [0.05, 0.1) is 0 Å². The van der Waals surface area contributed by atoms with E-state index < -0.39 is 0 Å². The summed E-state index contributed by atoms with van der Waals surface area (Å²) in [5.41, 5.74) is 12.8. The molecule has 0 bridgehead atoms. The molecule has 3 aromatic heterocycles. The topological polar surface area (TPSA) is 33.0 Å². The summed E-state index contributed by atoms with van der Waals surface area (Å²) in [5.74, 6) is 1.17. The quantitative estimate of drug-likeness (QED) is 0.155. The van der Waals surface area contributed by atoms with Crippen LogP contribution in [0.4, 0.5) is 22.7 Å². The van der Waals surface area contributed by atoms with Crippen molar-refractivity contribution in [2.24, 2.45) is 0 Å². The fourth-order valence-corrected chi connectivity index (χ4v) is 10.4. The number of pyridine rings is 1. The van der Waals surface area contributed by atoms with Crippen LogP contribution in [0.2, 0.25) is 0 Å². The Labute approximate surface area is 421 Å². The van der Waals surface area contributed by atoms with Gasteiger partial charge in [-0.15, -0.1) is 48.1 Å². The number of ether oxygens (including phenoxy) is 1. The molecule has 5 nitrogen and oxygen atoms in total. The van der Waals surface area contributed by atoms with Gasteiger partial charge in [-0.1, -0.05) is 178 Å². The maximum atomic E-state index is 6.80. The fourth-order valence-electron chi connectivity index (χ4n) is 10.4. The van der Waals surface area contributed by atoms with Gasteiger partial charge in [-0.25, -0.2) is 4.98 Å². The summed E-state index contributed by atoms with van der Waals surface area (Å²) >= 11 is 0. The van der Waals surface area contributed by atoms with Crippen LogP contribution in [0.1, 0.15) is 26.3 Å². The van der Waals surface area contributed by atoms with E-state index >= 15 is 0 Å². The molecule has 12 aromatic rings. The van der Waals surface area contributed by atoms with Gasteiger partial charge in [0.1, 0.15) is 5.65 Å². The van der Waals surface area contributed by atoms with Crippen LogP contribution in [0.15, 0.2) is 212 Å². The van der Waals surface area contributed by atoms with E-state index in [1.54, 1.807) is 0 Å². The van der Waals surface area contributed by atoms with Crippen LogP contribution in [0.3, 0.4) is 0 Å². The standard InChI is InChI=1S/C64H45N4O.Pt/c1-64(2,3)44-34-32-43(33-35-44)49-26-14-25-48(42-17-5-4-6-18-42)61(49)67-41-66(58-30-11-12-31-59(58)67)45-19-13-20-46(39-45)69-47-36-37-54-56-28-15-27-55-52-23-9-7-21-50(52)51-22-8-10-24-53(51)57-29-16-38-65-63(57)68(62(55)56)60(54)40-47;/h4-38,41H,1-3H3;/q-3;. The van der Waals surface area contributed by atoms with Crippen LogP contribution in [0.25, 0.3) is 82.0 Å². The van der Waals surface area contributed by atoms with Crippen molar-refractivity contribution >= 4 is 82.5 Å². The Morgan fingerprint density at radius 1 is 0.457 bits per heavy atom. The molecule has 0 saturated carbocycles. The average Bonchev–Trinajstić information content (AvgIpc) is 3.95. The summed E-state index contributed by atoms with van der Waals surface area (Å²) in [4.78, 5) is 9.67. The second-order valence-corrected chi connectivity index (χ2v) is 18.8. The van der Waals surface area contributed by atoms with Crippen molar-refractivity contribution in [3.8, 4) is 33.8 Å². The molecule has 9 aromatic carbocycles. The molecule has 0 amide bonds. The summed E-state index contributed by atoms with van der Waals surface area (Å²) in [7, 11) is 0. The third-order valence-electron chi connectivity index (χ3n) is 13.7. The Balaban J connectivity index is 0.00000505. The Morgan fingerprint density at radius 2 is 1.00 bits per heavy atom. The molecular formula is C64H45N4OPt-3. The number of nitrogens with zero attached hydrogens (tertiary/aromatic N) is 4. The summed E-state index contributed by atoms with van der Waals surface area (Å²) in [6.45, 7) is 8.97. The van der Waals surface area contributed by atoms with E-state index in [0.717, 1.165) is 88.6 Å². The van der Waals surface area contributed by atoms with Crippen LogP contribution < -0.4 is 14.5 Å². The van der Waals surface area contributed by atoms with Crippen LogP contribution >= 0.6 is 0 Å². The van der Waals surface area contributed by atoms with Crippen molar-refractivity contribution in [3.63, 3.8) is 0 Å². The number of hydrogen-bond donors (Lipinski definition) is 0. The van der Waals surface area contributed by atoms with E-state index in [2.05, 4.69) is 236 Å². The monoisotopic (exact) mass is 1080 g/mol. The van der Waals surface area contributed by atoms with Gasteiger partial charge in [0, 0.05) is 83.2 Å². The first-order chi connectivity index (χ1) is 33.9. The minimum absolute atomic E-state index is 0. The molecular weight excluding hydrogens is 1040 g/mol. The van der Waals surface area contributed by atoms with E-state index in [1.165, 1.54) is 21.7 Å². The zero-order chi connectivity index (χ0) is 46.2. The molecule has 0 saturated heterocycles. The van der Waals surface area contributed by atoms with Gasteiger partial charge in [0.25, 0.3) is 0 Å². The van der Waals surface area contributed by atoms with E-state index in [9.17, 15) is 0 Å². The number of aromatic nitrogens is 2. The largest absolute Gasteiger partial charge is 0.509 e. The van der Waals surface area contributed by atoms with Crippen molar-refractivity contribution in [2.45, 2.75) is 26.2 Å². The molecule has 0 unspecified atom stereocenters. The molecule has 0 atom stereocenters. The number of rotatable bonds is 6.